The number of thiazole rings is 1. The molecule has 5 aromatic rings. The molecule has 5 rings (SSSR count). The van der Waals surface area contributed by atoms with Crippen molar-refractivity contribution in [2.75, 3.05) is 5.75 Å². The van der Waals surface area contributed by atoms with Gasteiger partial charge in [-0.1, -0.05) is 71.6 Å². The van der Waals surface area contributed by atoms with Crippen molar-refractivity contribution in [3.63, 3.8) is 0 Å². The Morgan fingerprint density at radius 2 is 1.86 bits per heavy atom. The van der Waals surface area contributed by atoms with Gasteiger partial charge in [-0.05, 0) is 41.5 Å². The highest BCUT2D eigenvalue weighted by molar-refractivity contribution is 7.99. The molecule has 144 valence electrons. The van der Waals surface area contributed by atoms with Crippen LogP contribution in [0.15, 0.2) is 71.9 Å². The second-order valence-electron chi connectivity index (χ2n) is 6.85. The van der Waals surface area contributed by atoms with Gasteiger partial charge in [0.2, 0.25) is 10.9 Å². The molecule has 0 radical (unpaired) electrons. The number of carbonyl (C=O) groups excluding carboxylic acids is 1. The average Bonchev–Trinajstić information content (AvgIpc) is 3.31. The Morgan fingerprint density at radius 1 is 1.07 bits per heavy atom. The van der Waals surface area contributed by atoms with Crippen molar-refractivity contribution in [3.8, 4) is 0 Å². The van der Waals surface area contributed by atoms with E-state index in [2.05, 4.69) is 51.9 Å². The smallest absolute Gasteiger partial charge is 0.230 e. The van der Waals surface area contributed by atoms with Crippen LogP contribution < -0.4 is 5.32 Å². The average molecular weight is 419 g/mol. The molecular formula is C22H18N4OS2. The van der Waals surface area contributed by atoms with E-state index in [0.29, 0.717) is 5.75 Å². The number of nitrogens with zero attached hydrogens (tertiary/aromatic N) is 3. The number of amides is 1. The van der Waals surface area contributed by atoms with Crippen LogP contribution in [-0.2, 0) is 4.79 Å². The molecule has 0 saturated carbocycles. The largest absolute Gasteiger partial charge is 0.349 e. The van der Waals surface area contributed by atoms with E-state index in [-0.39, 0.29) is 11.9 Å². The van der Waals surface area contributed by atoms with E-state index in [1.165, 1.54) is 22.5 Å². The van der Waals surface area contributed by atoms with E-state index in [9.17, 15) is 4.79 Å². The summed E-state index contributed by atoms with van der Waals surface area (Å²) in [6.45, 7) is 2.01. The van der Waals surface area contributed by atoms with Gasteiger partial charge in [-0.3, -0.25) is 9.20 Å². The summed E-state index contributed by atoms with van der Waals surface area (Å²) in [6, 6.07) is 22.6. The predicted molar refractivity (Wildman–Crippen MR) is 120 cm³/mol. The first-order valence-electron chi connectivity index (χ1n) is 9.32. The Bertz CT molecular complexity index is 1340. The fraction of sp³-hybridized carbons (Fsp3) is 0.136. The third-order valence-corrected chi connectivity index (χ3v) is 6.84. The van der Waals surface area contributed by atoms with Crippen molar-refractivity contribution in [1.29, 1.82) is 0 Å². The number of para-hydroxylation sites is 1. The van der Waals surface area contributed by atoms with Crippen LogP contribution in [0, 0.1) is 0 Å². The Hall–Kier alpha value is -2.90. The lowest BCUT2D eigenvalue weighted by molar-refractivity contribution is -0.119. The lowest BCUT2D eigenvalue weighted by Crippen LogP contribution is -2.28. The number of thioether (sulfide) groups is 1. The summed E-state index contributed by atoms with van der Waals surface area (Å²) in [6.07, 6.45) is 0. The summed E-state index contributed by atoms with van der Waals surface area (Å²) in [5, 5.41) is 14.7. The first-order chi connectivity index (χ1) is 14.2. The lowest BCUT2D eigenvalue weighted by atomic mass is 10.0. The number of hydrogen-bond acceptors (Lipinski definition) is 5. The minimum atomic E-state index is -0.0619. The minimum absolute atomic E-state index is 0.0213. The Morgan fingerprint density at radius 3 is 2.76 bits per heavy atom. The van der Waals surface area contributed by atoms with E-state index in [4.69, 9.17) is 0 Å². The van der Waals surface area contributed by atoms with E-state index in [1.807, 2.05) is 41.7 Å². The number of rotatable bonds is 5. The van der Waals surface area contributed by atoms with Crippen LogP contribution in [0.4, 0.5) is 0 Å². The van der Waals surface area contributed by atoms with Gasteiger partial charge < -0.3 is 5.32 Å². The zero-order chi connectivity index (χ0) is 19.8. The molecular weight excluding hydrogens is 400 g/mol. The van der Waals surface area contributed by atoms with Crippen molar-refractivity contribution in [2.24, 2.45) is 0 Å². The van der Waals surface area contributed by atoms with Gasteiger partial charge in [-0.15, -0.1) is 10.2 Å². The summed E-state index contributed by atoms with van der Waals surface area (Å²) in [5.74, 6) is 0.273. The quantitative estimate of drug-likeness (QED) is 0.405. The number of aromatic nitrogens is 3. The summed E-state index contributed by atoms with van der Waals surface area (Å²) >= 11 is 3.01. The third-order valence-electron chi connectivity index (χ3n) is 4.89. The molecule has 0 aliphatic carbocycles. The SMILES string of the molecule is CC(NC(=O)CSc1nnc2sc3ccccc3n12)c1ccc2ccccc2c1. The molecule has 1 unspecified atom stereocenters. The number of nitrogens with one attached hydrogen (secondary N) is 1. The first-order valence-corrected chi connectivity index (χ1v) is 11.1. The van der Waals surface area contributed by atoms with E-state index in [0.717, 1.165) is 25.9 Å². The zero-order valence-corrected chi connectivity index (χ0v) is 17.3. The fourth-order valence-electron chi connectivity index (χ4n) is 3.42. The van der Waals surface area contributed by atoms with Crippen LogP contribution in [-0.4, -0.2) is 26.3 Å². The van der Waals surface area contributed by atoms with Crippen molar-refractivity contribution in [1.82, 2.24) is 19.9 Å². The van der Waals surface area contributed by atoms with Crippen LogP contribution >= 0.6 is 23.1 Å². The second-order valence-corrected chi connectivity index (χ2v) is 8.81. The van der Waals surface area contributed by atoms with Gasteiger partial charge >= 0.3 is 0 Å². The molecule has 0 saturated heterocycles. The van der Waals surface area contributed by atoms with E-state index in [1.54, 1.807) is 11.3 Å². The van der Waals surface area contributed by atoms with Crippen molar-refractivity contribution >= 4 is 55.0 Å². The highest BCUT2D eigenvalue weighted by atomic mass is 32.2. The maximum atomic E-state index is 12.5. The Labute approximate surface area is 175 Å². The maximum absolute atomic E-state index is 12.5. The highest BCUT2D eigenvalue weighted by Crippen LogP contribution is 2.29. The lowest BCUT2D eigenvalue weighted by Gasteiger charge is -2.15. The Kier molecular flexibility index (Phi) is 4.69. The van der Waals surface area contributed by atoms with Crippen LogP contribution in [0.3, 0.4) is 0 Å². The van der Waals surface area contributed by atoms with Crippen LogP contribution in [0.25, 0.3) is 25.9 Å². The van der Waals surface area contributed by atoms with Crippen molar-refractivity contribution < 1.29 is 4.79 Å². The van der Waals surface area contributed by atoms with Gasteiger partial charge in [-0.25, -0.2) is 0 Å². The number of hydrogen-bond donors (Lipinski definition) is 1. The maximum Gasteiger partial charge on any atom is 0.230 e. The summed E-state index contributed by atoms with van der Waals surface area (Å²) in [7, 11) is 0. The van der Waals surface area contributed by atoms with Crippen molar-refractivity contribution in [3.05, 3.63) is 72.3 Å². The van der Waals surface area contributed by atoms with Crippen molar-refractivity contribution in [2.45, 2.75) is 18.1 Å². The normalized spacial score (nSPS) is 12.6. The van der Waals surface area contributed by atoms with Gasteiger partial charge in [0, 0.05) is 0 Å². The number of carbonyl (C=O) groups is 1. The number of fused-ring (bicyclic) bond motifs is 4. The number of benzene rings is 3. The molecule has 0 spiro atoms. The molecule has 3 aromatic carbocycles. The molecule has 5 nitrogen and oxygen atoms in total. The van der Waals surface area contributed by atoms with Crippen LogP contribution in [0.2, 0.25) is 0 Å². The van der Waals surface area contributed by atoms with Gasteiger partial charge in [-0.2, -0.15) is 0 Å². The molecule has 2 aromatic heterocycles. The van der Waals surface area contributed by atoms with Gasteiger partial charge in [0.1, 0.15) is 0 Å². The molecule has 0 fully saturated rings. The van der Waals surface area contributed by atoms with E-state index < -0.39 is 0 Å². The molecule has 0 aliphatic heterocycles. The topological polar surface area (TPSA) is 59.3 Å². The summed E-state index contributed by atoms with van der Waals surface area (Å²) in [5.41, 5.74) is 2.17. The summed E-state index contributed by atoms with van der Waals surface area (Å²) < 4.78 is 3.18. The predicted octanol–water partition coefficient (Wildman–Crippen LogP) is 5.07. The molecule has 7 heteroatoms. The zero-order valence-electron chi connectivity index (χ0n) is 15.7. The standard InChI is InChI=1S/C22H18N4OS2/c1-14(16-11-10-15-6-2-3-7-17(15)12-16)23-20(27)13-28-21-24-25-22-26(21)18-8-4-5-9-19(18)29-22/h2-12,14H,13H2,1H3,(H,23,27). The molecule has 0 aliphatic rings. The highest BCUT2D eigenvalue weighted by Gasteiger charge is 2.15. The minimum Gasteiger partial charge on any atom is -0.349 e. The van der Waals surface area contributed by atoms with Crippen LogP contribution in [0.1, 0.15) is 18.5 Å². The van der Waals surface area contributed by atoms with E-state index >= 15 is 0 Å². The summed E-state index contributed by atoms with van der Waals surface area (Å²) in [4.78, 5) is 13.4. The molecule has 0 bridgehead atoms. The molecule has 2 heterocycles. The molecule has 1 atom stereocenters. The second kappa shape index (κ2) is 7.50. The van der Waals surface area contributed by atoms with Gasteiger partial charge in [0.05, 0.1) is 22.0 Å². The van der Waals surface area contributed by atoms with Gasteiger partial charge in [0.15, 0.2) is 5.16 Å². The van der Waals surface area contributed by atoms with Crippen LogP contribution in [0.5, 0.6) is 0 Å². The molecule has 1 N–H and O–H groups in total. The molecule has 1 amide bonds. The first kappa shape index (κ1) is 18.1. The fourth-order valence-corrected chi connectivity index (χ4v) is 5.20. The monoisotopic (exact) mass is 418 g/mol. The molecule has 29 heavy (non-hydrogen) atoms. The third kappa shape index (κ3) is 3.47. The van der Waals surface area contributed by atoms with Gasteiger partial charge in [0.25, 0.3) is 0 Å². The Balaban J connectivity index is 1.28.